The third-order valence-electron chi connectivity index (χ3n) is 13.0. The molecule has 8 N–H and O–H groups in total. The number of nitrogens with zero attached hydrogens (tertiary/aromatic N) is 4. The summed E-state index contributed by atoms with van der Waals surface area (Å²) in [5.74, 6) is -0.824. The number of allylic oxidation sites excluding steroid dienone is 2. The number of phosphoric acid groups is 2. The van der Waals surface area contributed by atoms with Crippen molar-refractivity contribution in [2.24, 2.45) is 12.1 Å². The maximum Gasteiger partial charge on any atom is 0.524 e. The van der Waals surface area contributed by atoms with Gasteiger partial charge in [0.1, 0.15) is 46.5 Å². The number of amides is 1. The van der Waals surface area contributed by atoms with Crippen molar-refractivity contribution in [1.82, 2.24) is 19.7 Å². The summed E-state index contributed by atoms with van der Waals surface area (Å²) in [7, 11) is -5.11. The van der Waals surface area contributed by atoms with Gasteiger partial charge in [-0.1, -0.05) is 31.2 Å². The molecule has 2 aromatic heterocycles. The van der Waals surface area contributed by atoms with E-state index >= 15 is 0 Å². The number of fused-ring (bicyclic) bond motifs is 2. The van der Waals surface area contributed by atoms with E-state index in [2.05, 4.69) is 21.7 Å². The first-order valence-corrected chi connectivity index (χ1v) is 25.9. The fourth-order valence-electron chi connectivity index (χ4n) is 9.44. The number of ether oxygens (including phenoxy) is 2. The van der Waals surface area contributed by atoms with Crippen LogP contribution in [0.4, 0.5) is 0 Å². The molecule has 73 heavy (non-hydrogen) atoms. The number of phenols is 2. The van der Waals surface area contributed by atoms with Crippen LogP contribution in [-0.4, -0.2) is 69.9 Å². The fourth-order valence-corrected chi connectivity index (χ4v) is 10.3. The standard InChI is InChI=1S/C51H50N6O14P2/c1-6-31-23-38(42(58)25-45(31)70-72(62,63)64)48-40(49(60)53-52-48)20-30-9-14-36-34(11-7-28(2)37(36)19-30)27-56-50(57(51(61)54-56)35-13-15-41-32(22-35)17-18-55(41)3)39-24-33(46(26-43(39)59)71-73(65,66)67)12-8-29-10-16-44(68-4)47(21-29)69-5/h7,9-10,13-26,34H,6,8,11-12,27H2,1-5H3,(H7,52,53,54,58,60,61,62,63,64,65,66,67)/p+1. The van der Waals surface area contributed by atoms with E-state index in [1.165, 1.54) is 24.9 Å². The van der Waals surface area contributed by atoms with Gasteiger partial charge in [-0.15, -0.1) is 4.57 Å². The number of H-pyrrole nitrogens is 1. The minimum atomic E-state index is -5.12. The van der Waals surface area contributed by atoms with Crippen LogP contribution in [0.5, 0.6) is 34.5 Å². The van der Waals surface area contributed by atoms with Gasteiger partial charge in [-0.25, -0.2) is 19.4 Å². The molecule has 0 spiro atoms. The molecular formula is C51H51N6O14P2+. The molecule has 0 fully saturated rings. The molecule has 22 heteroatoms. The van der Waals surface area contributed by atoms with Crippen molar-refractivity contribution in [2.45, 2.75) is 52.0 Å². The minimum absolute atomic E-state index is 0.111. The molecule has 1 atom stereocenters. The number of carbonyl (C=O) groups is 1. The summed E-state index contributed by atoms with van der Waals surface area (Å²) in [6.07, 6.45) is 6.95. The average Bonchev–Trinajstić information content (AvgIpc) is 4.00. The Hall–Kier alpha value is -7.70. The largest absolute Gasteiger partial charge is 0.524 e. The zero-order chi connectivity index (χ0) is 52.1. The molecule has 7 aromatic rings. The van der Waals surface area contributed by atoms with Crippen molar-refractivity contribution in [3.8, 4) is 51.6 Å². The molecule has 1 amide bonds. The van der Waals surface area contributed by atoms with E-state index in [-0.39, 0.29) is 65.0 Å². The number of aromatic amines is 1. The number of hydrogen-bond acceptors (Lipinski definition) is 11. The molecule has 0 saturated carbocycles. The first-order chi connectivity index (χ1) is 34.7. The molecule has 0 bridgehead atoms. The van der Waals surface area contributed by atoms with E-state index < -0.39 is 38.7 Å². The van der Waals surface area contributed by atoms with Gasteiger partial charge in [0.05, 0.1) is 19.8 Å². The number of hydrogen-bond donors (Lipinski definition) is 8. The van der Waals surface area contributed by atoms with Crippen molar-refractivity contribution in [1.29, 1.82) is 0 Å². The number of methoxy groups -OCH3 is 2. The lowest BCUT2D eigenvalue weighted by molar-refractivity contribution is -0.744. The van der Waals surface area contributed by atoms with E-state index in [0.29, 0.717) is 46.7 Å². The number of hydrazone groups is 1. The zero-order valence-electron chi connectivity index (χ0n) is 40.1. The van der Waals surface area contributed by atoms with Crippen LogP contribution in [0, 0.1) is 0 Å². The van der Waals surface area contributed by atoms with Crippen LogP contribution in [-0.2, 0) is 46.8 Å². The molecule has 1 aliphatic carbocycles. The number of nitrogens with one attached hydrogen (secondary N) is 2. The van der Waals surface area contributed by atoms with Gasteiger partial charge in [0.15, 0.2) is 11.5 Å². The number of benzene rings is 5. The second-order valence-electron chi connectivity index (χ2n) is 17.6. The van der Waals surface area contributed by atoms with Gasteiger partial charge in [0.25, 0.3) is 5.91 Å². The van der Waals surface area contributed by atoms with E-state index in [4.69, 9.17) is 18.5 Å². The second kappa shape index (κ2) is 19.7. The Balaban J connectivity index is 1.11. The van der Waals surface area contributed by atoms with Gasteiger partial charge in [-0.2, -0.15) is 14.9 Å². The fraction of sp³-hybridized carbons (Fsp3) is 0.216. The lowest BCUT2D eigenvalue weighted by Crippen LogP contribution is -2.42. The molecule has 5 aromatic carbocycles. The maximum atomic E-state index is 14.4. The summed E-state index contributed by atoms with van der Waals surface area (Å²) in [6, 6.07) is 23.8. The van der Waals surface area contributed by atoms with Crippen molar-refractivity contribution in [3.05, 3.63) is 152 Å². The van der Waals surface area contributed by atoms with Crippen molar-refractivity contribution in [3.63, 3.8) is 0 Å². The highest BCUT2D eigenvalue weighted by molar-refractivity contribution is 7.47. The molecule has 3 heterocycles. The molecular weight excluding hydrogens is 983 g/mol. The summed E-state index contributed by atoms with van der Waals surface area (Å²) >= 11 is 0. The first kappa shape index (κ1) is 50.2. The Labute approximate surface area is 417 Å². The van der Waals surface area contributed by atoms with Crippen LogP contribution >= 0.6 is 15.6 Å². The van der Waals surface area contributed by atoms with Crippen LogP contribution in [0.2, 0.25) is 0 Å². The van der Waals surface area contributed by atoms with Gasteiger partial charge in [-0.05, 0) is 132 Å². The Morgan fingerprint density at radius 3 is 2.19 bits per heavy atom. The summed E-state index contributed by atoms with van der Waals surface area (Å²) in [5.41, 5.74) is 8.73. The highest BCUT2D eigenvalue weighted by Gasteiger charge is 2.34. The minimum Gasteiger partial charge on any atom is -0.507 e. The summed E-state index contributed by atoms with van der Waals surface area (Å²) in [6.45, 7) is 3.89. The van der Waals surface area contributed by atoms with E-state index in [9.17, 15) is 48.5 Å². The Morgan fingerprint density at radius 2 is 1.49 bits per heavy atom. The van der Waals surface area contributed by atoms with Crippen LogP contribution in [0.25, 0.3) is 39.6 Å². The molecule has 20 nitrogen and oxygen atoms in total. The molecule has 0 radical (unpaired) electrons. The smallest absolute Gasteiger partial charge is 0.507 e. The van der Waals surface area contributed by atoms with Crippen molar-refractivity contribution in [2.75, 3.05) is 14.2 Å². The molecule has 9 rings (SSSR count). The molecule has 378 valence electrons. The predicted molar refractivity (Wildman–Crippen MR) is 270 cm³/mol. The number of rotatable bonds is 16. The van der Waals surface area contributed by atoms with Crippen LogP contribution < -0.4 is 34.3 Å². The Bertz CT molecular complexity index is 3640. The van der Waals surface area contributed by atoms with Gasteiger partial charge in [0, 0.05) is 47.8 Å². The summed E-state index contributed by atoms with van der Waals surface area (Å²) in [5, 5.41) is 31.0. The second-order valence-corrected chi connectivity index (χ2v) is 20.0. The van der Waals surface area contributed by atoms with Gasteiger partial charge in [-0.3, -0.25) is 24.4 Å². The van der Waals surface area contributed by atoms with E-state index in [1.807, 2.05) is 67.2 Å². The molecule has 0 saturated heterocycles. The quantitative estimate of drug-likeness (QED) is 0.0280. The third-order valence-corrected chi connectivity index (χ3v) is 13.8. The van der Waals surface area contributed by atoms with Crippen molar-refractivity contribution >= 4 is 49.8 Å². The Morgan fingerprint density at radius 1 is 0.795 bits per heavy atom. The van der Waals surface area contributed by atoms with Gasteiger partial charge >= 0.3 is 27.2 Å². The number of phosphoric ester groups is 2. The molecule has 1 unspecified atom stereocenters. The Kier molecular flexibility index (Phi) is 13.6. The van der Waals surface area contributed by atoms with E-state index in [1.54, 1.807) is 41.9 Å². The summed E-state index contributed by atoms with van der Waals surface area (Å²) < 4.78 is 49.9. The number of aryl methyl sites for hydroxylation is 4. The van der Waals surface area contributed by atoms with Gasteiger partial charge < -0.3 is 33.3 Å². The maximum absolute atomic E-state index is 14.4. The van der Waals surface area contributed by atoms with E-state index in [0.717, 1.165) is 45.3 Å². The zero-order valence-corrected chi connectivity index (χ0v) is 41.8. The predicted octanol–water partition coefficient (Wildman–Crippen LogP) is 6.84. The van der Waals surface area contributed by atoms with Crippen molar-refractivity contribution < 1.29 is 66.9 Å². The number of aromatic hydroxyl groups is 2. The number of phenolic OH excluding ortho intramolecular Hbond substituents is 2. The van der Waals surface area contributed by atoms with Crippen LogP contribution in [0.1, 0.15) is 65.1 Å². The topological polar surface area (TPSA) is 280 Å². The van der Waals surface area contributed by atoms with Gasteiger partial charge in [0.2, 0.25) is 0 Å². The first-order valence-electron chi connectivity index (χ1n) is 22.9. The van der Waals surface area contributed by atoms with Crippen LogP contribution in [0.15, 0.2) is 113 Å². The molecule has 1 aliphatic heterocycles. The average molecular weight is 1030 g/mol. The monoisotopic (exact) mass is 1030 g/mol. The highest BCUT2D eigenvalue weighted by Crippen LogP contribution is 2.45. The summed E-state index contributed by atoms with van der Waals surface area (Å²) in [4.78, 5) is 66.5. The third kappa shape index (κ3) is 10.3. The number of aromatic nitrogens is 4. The lowest BCUT2D eigenvalue weighted by atomic mass is 9.82. The lowest BCUT2D eigenvalue weighted by Gasteiger charge is -2.24. The SMILES string of the molecule is CCc1cc(C2=NNC(=O)C2=Cc2ccc3c(c2)C(C)=CCC3C[n+]2[nH]c(=O)n(-c3ccc4c(ccn4C)c3)c2-c2cc(CCc3ccc(OC)c(OC)c3)c(OP(=O)(O)O)cc2O)c(O)cc1OP(=O)(O)O. The van der Waals surface area contributed by atoms with Crippen LogP contribution in [0.3, 0.4) is 0 Å². The number of carbonyl (C=O) groups excluding carboxylic acids is 1. The highest BCUT2D eigenvalue weighted by atomic mass is 31.2. The normalized spacial score (nSPS) is 15.3. The molecule has 2 aliphatic rings.